The van der Waals surface area contributed by atoms with Crippen LogP contribution in [0.2, 0.25) is 0 Å². The van der Waals surface area contributed by atoms with Gasteiger partial charge in [0, 0.05) is 21.6 Å². The average molecular weight is 276 g/mol. The summed E-state index contributed by atoms with van der Waals surface area (Å²) >= 11 is 0. The minimum atomic E-state index is -1.46. The van der Waals surface area contributed by atoms with Gasteiger partial charge in [0.05, 0.1) is 19.3 Å². The summed E-state index contributed by atoms with van der Waals surface area (Å²) in [4.78, 5) is 11.0. The van der Waals surface area contributed by atoms with Crippen LogP contribution in [-0.4, -0.2) is 22.5 Å². The lowest BCUT2D eigenvalue weighted by molar-refractivity contribution is -0.140. The number of esters is 1. The van der Waals surface area contributed by atoms with Crippen LogP contribution in [-0.2, 0) is 26.1 Å². The first-order valence-corrected chi connectivity index (χ1v) is 6.70. The average Bonchev–Trinajstić information content (AvgIpc) is 2.33. The molecule has 18 heavy (non-hydrogen) atoms. The molecular formula is C12H14F2O3S. The third-order valence-corrected chi connectivity index (χ3v) is 4.10. The second kappa shape index (κ2) is 6.58. The monoisotopic (exact) mass is 276 g/mol. The lowest BCUT2D eigenvalue weighted by atomic mass is 10.2. The predicted octanol–water partition coefficient (Wildman–Crippen LogP) is 2.17. The Bertz CT molecular complexity index is 463. The van der Waals surface area contributed by atoms with Gasteiger partial charge in [0.2, 0.25) is 0 Å². The van der Waals surface area contributed by atoms with Gasteiger partial charge in [0.15, 0.2) is 0 Å². The molecule has 0 aliphatic rings. The second-order valence-electron chi connectivity index (χ2n) is 3.85. The summed E-state index contributed by atoms with van der Waals surface area (Å²) in [5.74, 6) is -1.78. The molecule has 0 saturated carbocycles. The minimum Gasteiger partial charge on any atom is -0.469 e. The first-order valence-electron chi connectivity index (χ1n) is 5.32. The fourth-order valence-electron chi connectivity index (χ4n) is 1.36. The van der Waals surface area contributed by atoms with E-state index in [0.717, 1.165) is 18.2 Å². The smallest absolute Gasteiger partial charge is 0.306 e. The number of halogens is 2. The van der Waals surface area contributed by atoms with Gasteiger partial charge < -0.3 is 4.74 Å². The number of carbonyl (C=O) groups is 1. The molecule has 1 aromatic carbocycles. The molecule has 2 unspecified atom stereocenters. The molecule has 0 saturated heterocycles. The molecule has 1 rings (SSSR count). The summed E-state index contributed by atoms with van der Waals surface area (Å²) in [6, 6.07) is 3.00. The first kappa shape index (κ1) is 14.8. The quantitative estimate of drug-likeness (QED) is 0.774. The number of rotatable bonds is 5. The number of hydrogen-bond donors (Lipinski definition) is 0. The zero-order chi connectivity index (χ0) is 13.7. The SMILES string of the molecule is COC(=O)CC(C)S(=O)Cc1cc(F)ccc1F. The Labute approximate surface area is 107 Å². The van der Waals surface area contributed by atoms with E-state index in [1.165, 1.54) is 7.11 Å². The normalized spacial score (nSPS) is 14.0. The molecule has 1 aromatic rings. The van der Waals surface area contributed by atoms with Crippen LogP contribution >= 0.6 is 0 Å². The molecule has 0 aliphatic carbocycles. The van der Waals surface area contributed by atoms with Gasteiger partial charge in [-0.3, -0.25) is 9.00 Å². The molecule has 0 heterocycles. The number of methoxy groups -OCH3 is 1. The highest BCUT2D eigenvalue weighted by Gasteiger charge is 2.18. The van der Waals surface area contributed by atoms with Gasteiger partial charge in [-0.25, -0.2) is 8.78 Å². The maximum atomic E-state index is 13.3. The van der Waals surface area contributed by atoms with Crippen molar-refractivity contribution in [2.45, 2.75) is 24.3 Å². The maximum absolute atomic E-state index is 13.3. The number of benzene rings is 1. The molecule has 0 N–H and O–H groups in total. The molecule has 0 spiro atoms. The van der Waals surface area contributed by atoms with Gasteiger partial charge in [-0.1, -0.05) is 6.92 Å². The van der Waals surface area contributed by atoms with Crippen molar-refractivity contribution in [1.82, 2.24) is 0 Å². The van der Waals surface area contributed by atoms with Crippen molar-refractivity contribution < 1.29 is 22.5 Å². The minimum absolute atomic E-state index is 0.0138. The van der Waals surface area contributed by atoms with Crippen LogP contribution in [0.1, 0.15) is 18.9 Å². The van der Waals surface area contributed by atoms with E-state index in [0.29, 0.717) is 0 Å². The maximum Gasteiger partial charge on any atom is 0.306 e. The van der Waals surface area contributed by atoms with Crippen molar-refractivity contribution in [2.24, 2.45) is 0 Å². The molecule has 100 valence electrons. The number of carbonyl (C=O) groups excluding carboxylic acids is 1. The molecule has 0 fully saturated rings. The Morgan fingerprint density at radius 3 is 2.72 bits per heavy atom. The molecule has 6 heteroatoms. The van der Waals surface area contributed by atoms with Gasteiger partial charge >= 0.3 is 5.97 Å². The summed E-state index contributed by atoms with van der Waals surface area (Å²) in [5, 5.41) is -0.472. The lowest BCUT2D eigenvalue weighted by Gasteiger charge is -2.10. The topological polar surface area (TPSA) is 43.4 Å². The van der Waals surface area contributed by atoms with E-state index in [4.69, 9.17) is 0 Å². The van der Waals surface area contributed by atoms with Gasteiger partial charge in [0.1, 0.15) is 11.6 Å². The molecule has 3 nitrogen and oxygen atoms in total. The third-order valence-electron chi connectivity index (χ3n) is 2.44. The van der Waals surface area contributed by atoms with Crippen LogP contribution in [0.5, 0.6) is 0 Å². The van der Waals surface area contributed by atoms with Crippen LogP contribution in [0.4, 0.5) is 8.78 Å². The highest BCUT2D eigenvalue weighted by atomic mass is 32.2. The summed E-state index contributed by atoms with van der Waals surface area (Å²) in [7, 11) is -0.224. The molecule has 0 radical (unpaired) electrons. The van der Waals surface area contributed by atoms with Crippen molar-refractivity contribution in [1.29, 1.82) is 0 Å². The third kappa shape index (κ3) is 4.18. The molecule has 0 bridgehead atoms. The fraction of sp³-hybridized carbons (Fsp3) is 0.417. The van der Waals surface area contributed by atoms with Gasteiger partial charge in [-0.15, -0.1) is 0 Å². The van der Waals surface area contributed by atoms with Gasteiger partial charge in [-0.05, 0) is 18.2 Å². The highest BCUT2D eigenvalue weighted by Crippen LogP contribution is 2.15. The Kier molecular flexibility index (Phi) is 5.40. The molecule has 0 amide bonds. The largest absolute Gasteiger partial charge is 0.469 e. The van der Waals surface area contributed by atoms with E-state index >= 15 is 0 Å². The van der Waals surface area contributed by atoms with E-state index in [9.17, 15) is 17.8 Å². The second-order valence-corrected chi connectivity index (χ2v) is 5.71. The van der Waals surface area contributed by atoms with Crippen molar-refractivity contribution in [2.75, 3.05) is 7.11 Å². The van der Waals surface area contributed by atoms with Crippen LogP contribution in [0, 0.1) is 11.6 Å². The zero-order valence-corrected chi connectivity index (χ0v) is 10.9. The van der Waals surface area contributed by atoms with Crippen LogP contribution < -0.4 is 0 Å². The molecular weight excluding hydrogens is 262 g/mol. The van der Waals surface area contributed by atoms with E-state index in [2.05, 4.69) is 4.74 Å². The summed E-state index contributed by atoms with van der Waals surface area (Å²) in [5.41, 5.74) is 0.0463. The molecule has 0 aromatic heterocycles. The Morgan fingerprint density at radius 1 is 1.44 bits per heavy atom. The van der Waals surface area contributed by atoms with E-state index in [-0.39, 0.29) is 17.7 Å². The highest BCUT2D eigenvalue weighted by molar-refractivity contribution is 7.84. The molecule has 2 atom stereocenters. The van der Waals surface area contributed by atoms with E-state index in [1.54, 1.807) is 6.92 Å². The van der Waals surface area contributed by atoms with Crippen molar-refractivity contribution >= 4 is 16.8 Å². The summed E-state index contributed by atoms with van der Waals surface area (Å²) in [6.07, 6.45) is -0.0138. The predicted molar refractivity (Wildman–Crippen MR) is 64.3 cm³/mol. The van der Waals surface area contributed by atoms with Gasteiger partial charge in [-0.2, -0.15) is 0 Å². The van der Waals surface area contributed by atoms with Crippen LogP contribution in [0.15, 0.2) is 18.2 Å². The first-order chi connectivity index (χ1) is 8.43. The fourth-order valence-corrected chi connectivity index (χ4v) is 2.49. The summed E-state index contributed by atoms with van der Waals surface area (Å²) < 4.78 is 42.6. The Hall–Kier alpha value is -1.30. The molecule has 0 aliphatic heterocycles. The Morgan fingerprint density at radius 2 is 2.11 bits per heavy atom. The van der Waals surface area contributed by atoms with Crippen LogP contribution in [0.3, 0.4) is 0 Å². The number of hydrogen-bond acceptors (Lipinski definition) is 3. The van der Waals surface area contributed by atoms with Crippen molar-refractivity contribution in [3.8, 4) is 0 Å². The Balaban J connectivity index is 2.69. The van der Waals surface area contributed by atoms with E-state index < -0.39 is 33.7 Å². The van der Waals surface area contributed by atoms with Crippen LogP contribution in [0.25, 0.3) is 0 Å². The standard InChI is InChI=1S/C12H14F2O3S/c1-8(5-12(15)17-2)18(16)7-9-6-10(13)3-4-11(9)14/h3-4,6,8H,5,7H2,1-2H3. The van der Waals surface area contributed by atoms with E-state index in [1.807, 2.05) is 0 Å². The van der Waals surface area contributed by atoms with Crippen molar-refractivity contribution in [3.05, 3.63) is 35.4 Å². The van der Waals surface area contributed by atoms with Crippen molar-refractivity contribution in [3.63, 3.8) is 0 Å². The lowest BCUT2D eigenvalue weighted by Crippen LogP contribution is -2.18. The summed E-state index contributed by atoms with van der Waals surface area (Å²) in [6.45, 7) is 1.60. The van der Waals surface area contributed by atoms with Gasteiger partial charge in [0.25, 0.3) is 0 Å². The zero-order valence-electron chi connectivity index (χ0n) is 10.1. The number of ether oxygens (including phenoxy) is 1.